The number of allylic oxidation sites excluding steroid dienone is 1. The fourth-order valence-electron chi connectivity index (χ4n) is 2.39. The Hall–Kier alpha value is -2.08. The van der Waals surface area contributed by atoms with Crippen LogP contribution in [-0.4, -0.2) is 43.3 Å². The topological polar surface area (TPSA) is 25.4 Å². The molecule has 0 spiro atoms. The van der Waals surface area contributed by atoms with Crippen molar-refractivity contribution in [2.75, 3.05) is 27.2 Å². The second kappa shape index (κ2) is 7.21. The van der Waals surface area contributed by atoms with Crippen molar-refractivity contribution >= 4 is 16.3 Å². The third-order valence-corrected chi connectivity index (χ3v) is 3.58. The molecule has 0 radical (unpaired) electrons. The number of pyridine rings is 1. The van der Waals surface area contributed by atoms with E-state index < -0.39 is 11.7 Å². The number of hydrogen-bond acceptors (Lipinski definition) is 3. The molecule has 1 aromatic heterocycles. The van der Waals surface area contributed by atoms with Gasteiger partial charge in [0.1, 0.15) is 5.75 Å². The van der Waals surface area contributed by atoms with Gasteiger partial charge in [0.2, 0.25) is 0 Å². The molecule has 0 unspecified atom stereocenters. The summed E-state index contributed by atoms with van der Waals surface area (Å²) in [6.07, 6.45) is -3.63. The van der Waals surface area contributed by atoms with Gasteiger partial charge < -0.3 is 9.64 Å². The van der Waals surface area contributed by atoms with Crippen molar-refractivity contribution in [3.63, 3.8) is 0 Å². The summed E-state index contributed by atoms with van der Waals surface area (Å²) in [5.41, 5.74) is -0.555. The monoisotopic (exact) mass is 338 g/mol. The van der Waals surface area contributed by atoms with Gasteiger partial charge in [-0.25, -0.2) is 0 Å². The number of alkyl halides is 3. The first-order valence-corrected chi connectivity index (χ1v) is 7.64. The number of aryl methyl sites for hydroxylation is 1. The molecule has 0 fully saturated rings. The van der Waals surface area contributed by atoms with Gasteiger partial charge in [0.25, 0.3) is 0 Å². The molecule has 0 amide bonds. The van der Waals surface area contributed by atoms with Gasteiger partial charge in [0, 0.05) is 17.6 Å². The van der Waals surface area contributed by atoms with E-state index in [0.717, 1.165) is 13.0 Å². The molecule has 130 valence electrons. The zero-order chi connectivity index (χ0) is 17.9. The van der Waals surface area contributed by atoms with E-state index in [1.165, 1.54) is 0 Å². The van der Waals surface area contributed by atoms with Gasteiger partial charge in [-0.3, -0.25) is 4.98 Å². The van der Waals surface area contributed by atoms with Gasteiger partial charge >= 0.3 is 6.18 Å². The van der Waals surface area contributed by atoms with E-state index in [-0.39, 0.29) is 5.69 Å². The van der Waals surface area contributed by atoms with Gasteiger partial charge in [0.15, 0.2) is 0 Å². The molecule has 0 aliphatic rings. The third kappa shape index (κ3) is 4.47. The first kappa shape index (κ1) is 18.3. The Balaban J connectivity index is 2.28. The summed E-state index contributed by atoms with van der Waals surface area (Å²) < 4.78 is 44.6. The van der Waals surface area contributed by atoms with Crippen LogP contribution in [0, 0.1) is 6.92 Å². The maximum atomic E-state index is 13.0. The number of halogens is 3. The molecule has 0 aliphatic heterocycles. The predicted molar refractivity (Wildman–Crippen MR) is 90.2 cm³/mol. The Bertz CT molecular complexity index is 739. The normalized spacial score (nSPS) is 12.0. The zero-order valence-electron chi connectivity index (χ0n) is 14.1. The van der Waals surface area contributed by atoms with Crippen LogP contribution in [0.5, 0.6) is 5.75 Å². The van der Waals surface area contributed by atoms with Crippen LogP contribution in [0.25, 0.3) is 16.3 Å². The van der Waals surface area contributed by atoms with Crippen LogP contribution in [0.15, 0.2) is 30.8 Å². The van der Waals surface area contributed by atoms with Gasteiger partial charge in [0.05, 0.1) is 17.9 Å². The summed E-state index contributed by atoms with van der Waals surface area (Å²) in [5.74, 6) is 0.635. The number of hydrogen-bond donors (Lipinski definition) is 0. The maximum absolute atomic E-state index is 13.0. The van der Waals surface area contributed by atoms with Crippen molar-refractivity contribution < 1.29 is 17.9 Å². The lowest BCUT2D eigenvalue weighted by atomic mass is 10.0. The minimum absolute atomic E-state index is 0.128. The lowest BCUT2D eigenvalue weighted by Gasteiger charge is -2.14. The molecule has 3 nitrogen and oxygen atoms in total. The average molecular weight is 338 g/mol. The van der Waals surface area contributed by atoms with Crippen molar-refractivity contribution in [3.05, 3.63) is 42.2 Å². The number of nitrogens with zero attached hydrogens (tertiary/aromatic N) is 2. The number of ether oxygens (including phenoxy) is 1. The van der Waals surface area contributed by atoms with Crippen molar-refractivity contribution in [3.8, 4) is 5.75 Å². The number of aromatic nitrogens is 1. The molecular formula is C18H21F3N2O. The lowest BCUT2D eigenvalue weighted by molar-refractivity contribution is -0.0688. The molecule has 0 aliphatic carbocycles. The molecule has 0 saturated heterocycles. The summed E-state index contributed by atoms with van der Waals surface area (Å²) in [5, 5.41) is 1.08. The summed E-state index contributed by atoms with van der Waals surface area (Å²) in [7, 11) is 3.97. The Morgan fingerprint density at radius 2 is 1.96 bits per heavy atom. The Kier molecular flexibility index (Phi) is 5.49. The smallest absolute Gasteiger partial charge is 0.417 e. The van der Waals surface area contributed by atoms with Gasteiger partial charge in [-0.15, -0.1) is 0 Å². The Labute approximate surface area is 139 Å². The minimum atomic E-state index is -4.50. The van der Waals surface area contributed by atoms with Crippen molar-refractivity contribution in [2.45, 2.75) is 19.5 Å². The zero-order valence-corrected chi connectivity index (χ0v) is 14.1. The number of fused-ring (bicyclic) bond motifs is 1. The van der Waals surface area contributed by atoms with Crippen LogP contribution in [0.3, 0.4) is 0 Å². The van der Waals surface area contributed by atoms with Gasteiger partial charge in [-0.05, 0) is 57.1 Å². The molecule has 24 heavy (non-hydrogen) atoms. The van der Waals surface area contributed by atoms with E-state index in [9.17, 15) is 13.2 Å². The van der Waals surface area contributed by atoms with Crippen LogP contribution in [-0.2, 0) is 0 Å². The first-order valence-electron chi connectivity index (χ1n) is 7.64. The van der Waals surface area contributed by atoms with Crippen LogP contribution in [0.2, 0.25) is 0 Å². The van der Waals surface area contributed by atoms with E-state index >= 15 is 0 Å². The molecule has 1 heterocycles. The van der Waals surface area contributed by atoms with E-state index in [2.05, 4.69) is 16.5 Å². The molecule has 2 rings (SSSR count). The summed E-state index contributed by atoms with van der Waals surface area (Å²) in [6, 6.07) is 6.76. The van der Waals surface area contributed by atoms with Crippen LogP contribution in [0.4, 0.5) is 13.2 Å². The van der Waals surface area contributed by atoms with Gasteiger partial charge in [-0.1, -0.05) is 6.58 Å². The highest BCUT2D eigenvalue weighted by Gasteiger charge is 2.34. The fourth-order valence-corrected chi connectivity index (χ4v) is 2.39. The average Bonchev–Trinajstić information content (AvgIpc) is 2.48. The predicted octanol–water partition coefficient (Wildman–Crippen LogP) is 4.45. The standard InChI is InChI=1S/C18H21F3N2O/c1-12-10-14-11-15(24-9-5-8-23(3)4)6-7-16(14)17(22-12)13(2)18(19,20)21/h6-7,10-11H,2,5,8-9H2,1,3-4H3. The van der Waals surface area contributed by atoms with E-state index in [1.54, 1.807) is 31.2 Å². The SMILES string of the molecule is C=C(c1nc(C)cc2cc(OCCCN(C)C)ccc12)C(F)(F)F. The minimum Gasteiger partial charge on any atom is -0.494 e. The van der Waals surface area contributed by atoms with Crippen molar-refractivity contribution in [1.29, 1.82) is 0 Å². The summed E-state index contributed by atoms with van der Waals surface area (Å²) in [4.78, 5) is 6.09. The highest BCUT2D eigenvalue weighted by Crippen LogP contribution is 2.35. The van der Waals surface area contributed by atoms with Crippen LogP contribution < -0.4 is 4.74 Å². The van der Waals surface area contributed by atoms with E-state index in [0.29, 0.717) is 28.8 Å². The fraction of sp³-hybridized carbons (Fsp3) is 0.389. The van der Waals surface area contributed by atoms with Crippen molar-refractivity contribution in [2.24, 2.45) is 0 Å². The highest BCUT2D eigenvalue weighted by molar-refractivity contribution is 5.93. The van der Waals surface area contributed by atoms with Gasteiger partial charge in [-0.2, -0.15) is 13.2 Å². The highest BCUT2D eigenvalue weighted by atomic mass is 19.4. The second-order valence-corrected chi connectivity index (χ2v) is 5.98. The largest absolute Gasteiger partial charge is 0.494 e. The van der Waals surface area contributed by atoms with Crippen LogP contribution in [0.1, 0.15) is 17.8 Å². The van der Waals surface area contributed by atoms with E-state index in [1.807, 2.05) is 14.1 Å². The number of rotatable bonds is 6. The second-order valence-electron chi connectivity index (χ2n) is 5.98. The Morgan fingerprint density at radius 3 is 2.58 bits per heavy atom. The van der Waals surface area contributed by atoms with Crippen molar-refractivity contribution in [1.82, 2.24) is 9.88 Å². The number of benzene rings is 1. The maximum Gasteiger partial charge on any atom is 0.417 e. The molecule has 0 atom stereocenters. The first-order chi connectivity index (χ1) is 11.2. The summed E-state index contributed by atoms with van der Waals surface area (Å²) in [6.45, 7) is 6.29. The van der Waals surface area contributed by atoms with E-state index in [4.69, 9.17) is 4.74 Å². The summed E-state index contributed by atoms with van der Waals surface area (Å²) >= 11 is 0. The molecule has 0 N–H and O–H groups in total. The molecule has 0 saturated carbocycles. The molecule has 2 aromatic rings. The third-order valence-electron chi connectivity index (χ3n) is 3.58. The lowest BCUT2D eigenvalue weighted by Crippen LogP contribution is -2.15. The van der Waals surface area contributed by atoms with Crippen LogP contribution >= 0.6 is 0 Å². The molecule has 0 bridgehead atoms. The molecule has 1 aromatic carbocycles. The quantitative estimate of drug-likeness (QED) is 0.728. The molecular weight excluding hydrogens is 317 g/mol. The Morgan fingerprint density at radius 1 is 1.25 bits per heavy atom. The molecule has 6 heteroatoms.